The van der Waals surface area contributed by atoms with Gasteiger partial charge in [-0.15, -0.1) is 10.2 Å². The van der Waals surface area contributed by atoms with E-state index in [1.807, 2.05) is 0 Å². The fourth-order valence-corrected chi connectivity index (χ4v) is 2.62. The van der Waals surface area contributed by atoms with Gasteiger partial charge in [0.15, 0.2) is 17.2 Å². The number of aromatic nitrogens is 3. The summed E-state index contributed by atoms with van der Waals surface area (Å²) in [6.45, 7) is 4.38. The van der Waals surface area contributed by atoms with Gasteiger partial charge in [0, 0.05) is 6.07 Å². The van der Waals surface area contributed by atoms with E-state index in [2.05, 4.69) is 14.9 Å². The molecule has 0 bridgehead atoms. The van der Waals surface area contributed by atoms with Gasteiger partial charge in [-0.2, -0.15) is 0 Å². The number of nitro benzene ring substituents is 1. The SMILES string of the molecule is COc1cc(C(=O)c2nn(C(=O)OC(C)C)nc2C(C)OC(=O)O)c([N+](=O)[O-])cc1OC. The molecule has 172 valence electrons. The summed E-state index contributed by atoms with van der Waals surface area (Å²) in [5.74, 6) is -1.01. The molecule has 0 amide bonds. The van der Waals surface area contributed by atoms with E-state index in [-0.39, 0.29) is 17.2 Å². The molecule has 1 heterocycles. The molecular formula is C18H20N4O10. The van der Waals surface area contributed by atoms with Crippen molar-refractivity contribution in [1.29, 1.82) is 0 Å². The predicted molar refractivity (Wildman–Crippen MR) is 104 cm³/mol. The summed E-state index contributed by atoms with van der Waals surface area (Å²) in [5, 5.41) is 28.0. The summed E-state index contributed by atoms with van der Waals surface area (Å²) in [6.07, 6.45) is -4.61. The maximum Gasteiger partial charge on any atom is 0.506 e. The summed E-state index contributed by atoms with van der Waals surface area (Å²) in [4.78, 5) is 47.6. The van der Waals surface area contributed by atoms with Gasteiger partial charge in [-0.3, -0.25) is 14.9 Å². The minimum absolute atomic E-state index is 0.00252. The average Bonchev–Trinajstić information content (AvgIpc) is 3.17. The maximum absolute atomic E-state index is 13.2. The molecule has 2 rings (SSSR count). The molecule has 1 aromatic carbocycles. The molecule has 0 saturated carbocycles. The second-order valence-electron chi connectivity index (χ2n) is 6.49. The fraction of sp³-hybridized carbons (Fsp3) is 0.389. The van der Waals surface area contributed by atoms with E-state index in [1.165, 1.54) is 21.1 Å². The fourth-order valence-electron chi connectivity index (χ4n) is 2.62. The number of carbonyl (C=O) groups is 3. The predicted octanol–water partition coefficient (Wildman–Crippen LogP) is 2.58. The van der Waals surface area contributed by atoms with Gasteiger partial charge in [0.05, 0.1) is 31.3 Å². The van der Waals surface area contributed by atoms with E-state index >= 15 is 0 Å². The zero-order valence-corrected chi connectivity index (χ0v) is 17.7. The van der Waals surface area contributed by atoms with Gasteiger partial charge in [-0.1, -0.05) is 4.80 Å². The van der Waals surface area contributed by atoms with E-state index < -0.39 is 52.1 Å². The van der Waals surface area contributed by atoms with E-state index in [0.29, 0.717) is 4.80 Å². The van der Waals surface area contributed by atoms with Crippen LogP contribution >= 0.6 is 0 Å². The highest BCUT2D eigenvalue weighted by Gasteiger charge is 2.33. The van der Waals surface area contributed by atoms with Gasteiger partial charge in [-0.25, -0.2) is 9.59 Å². The first-order valence-electron chi connectivity index (χ1n) is 9.03. The molecule has 0 radical (unpaired) electrons. The molecule has 1 atom stereocenters. The van der Waals surface area contributed by atoms with Gasteiger partial charge in [0.25, 0.3) is 5.69 Å². The molecule has 0 saturated heterocycles. The summed E-state index contributed by atoms with van der Waals surface area (Å²) in [6, 6.07) is 2.05. The number of hydrogen-bond acceptors (Lipinski definition) is 11. The Labute approximate surface area is 180 Å². The van der Waals surface area contributed by atoms with Crippen molar-refractivity contribution in [3.05, 3.63) is 39.2 Å². The Morgan fingerprint density at radius 1 is 1.06 bits per heavy atom. The Bertz CT molecular complexity index is 1060. The number of nitro groups is 1. The van der Waals surface area contributed by atoms with Crippen LogP contribution in [0.4, 0.5) is 15.3 Å². The van der Waals surface area contributed by atoms with Crippen LogP contribution in [0.3, 0.4) is 0 Å². The number of hydrogen-bond donors (Lipinski definition) is 1. The number of carboxylic acid groups (broad SMARTS) is 1. The number of carbonyl (C=O) groups excluding carboxylic acids is 2. The standard InChI is InChI=1S/C18H20N4O10/c1-8(2)31-17(24)21-19-14(9(3)32-18(25)26)15(20-21)16(23)10-6-12(29-4)13(30-5)7-11(10)22(27)28/h6-9H,1-5H3,(H,25,26). The monoisotopic (exact) mass is 452 g/mol. The van der Waals surface area contributed by atoms with E-state index in [1.54, 1.807) is 13.8 Å². The quantitative estimate of drug-likeness (QED) is 0.268. The third-order valence-corrected chi connectivity index (χ3v) is 3.96. The highest BCUT2D eigenvalue weighted by atomic mass is 16.7. The van der Waals surface area contributed by atoms with Crippen molar-refractivity contribution >= 4 is 23.7 Å². The zero-order valence-electron chi connectivity index (χ0n) is 17.7. The van der Waals surface area contributed by atoms with Crippen molar-refractivity contribution in [3.63, 3.8) is 0 Å². The van der Waals surface area contributed by atoms with Gasteiger partial charge in [0.1, 0.15) is 17.4 Å². The Morgan fingerprint density at radius 3 is 2.16 bits per heavy atom. The molecule has 1 N–H and O–H groups in total. The Kier molecular flexibility index (Phi) is 7.30. The number of benzene rings is 1. The summed E-state index contributed by atoms with van der Waals surface area (Å²) in [7, 11) is 2.53. The molecular weight excluding hydrogens is 432 g/mol. The molecule has 1 unspecified atom stereocenters. The van der Waals surface area contributed by atoms with Crippen LogP contribution in [0.15, 0.2) is 12.1 Å². The highest BCUT2D eigenvalue weighted by molar-refractivity contribution is 6.11. The second-order valence-corrected chi connectivity index (χ2v) is 6.49. The topological polar surface area (TPSA) is 182 Å². The lowest BCUT2D eigenvalue weighted by Crippen LogP contribution is -2.21. The minimum Gasteiger partial charge on any atom is -0.493 e. The third-order valence-electron chi connectivity index (χ3n) is 3.96. The Hall–Kier alpha value is -4.23. The molecule has 0 aliphatic heterocycles. The van der Waals surface area contributed by atoms with Gasteiger partial charge < -0.3 is 24.1 Å². The average molecular weight is 452 g/mol. The molecule has 1 aromatic heterocycles. The largest absolute Gasteiger partial charge is 0.506 e. The zero-order chi connectivity index (χ0) is 24.2. The lowest BCUT2D eigenvalue weighted by atomic mass is 10.0. The van der Waals surface area contributed by atoms with Crippen molar-refractivity contribution in [2.24, 2.45) is 0 Å². The molecule has 0 aliphatic carbocycles. The van der Waals surface area contributed by atoms with Crippen LogP contribution in [0.5, 0.6) is 11.5 Å². The molecule has 14 nitrogen and oxygen atoms in total. The highest BCUT2D eigenvalue weighted by Crippen LogP contribution is 2.36. The van der Waals surface area contributed by atoms with Gasteiger partial charge >= 0.3 is 12.2 Å². The van der Waals surface area contributed by atoms with Gasteiger partial charge in [0.2, 0.25) is 5.78 Å². The second kappa shape index (κ2) is 9.72. The van der Waals surface area contributed by atoms with Gasteiger partial charge in [-0.05, 0) is 20.8 Å². The number of ketones is 1. The molecule has 2 aromatic rings. The number of nitrogens with zero attached hydrogens (tertiary/aromatic N) is 4. The smallest absolute Gasteiger partial charge is 0.493 e. The summed E-state index contributed by atoms with van der Waals surface area (Å²) >= 11 is 0. The third kappa shape index (κ3) is 5.08. The molecule has 0 fully saturated rings. The number of rotatable bonds is 8. The van der Waals surface area contributed by atoms with Crippen LogP contribution in [0.2, 0.25) is 0 Å². The molecule has 32 heavy (non-hydrogen) atoms. The van der Waals surface area contributed by atoms with Crippen molar-refractivity contribution in [2.45, 2.75) is 33.0 Å². The van der Waals surface area contributed by atoms with Crippen molar-refractivity contribution in [1.82, 2.24) is 15.0 Å². The summed E-state index contributed by atoms with van der Waals surface area (Å²) < 4.78 is 19.7. The lowest BCUT2D eigenvalue weighted by Gasteiger charge is -2.11. The minimum atomic E-state index is -1.67. The normalized spacial score (nSPS) is 11.6. The maximum atomic E-state index is 13.2. The summed E-state index contributed by atoms with van der Waals surface area (Å²) in [5.41, 5.74) is -1.98. The molecule has 0 spiro atoms. The van der Waals surface area contributed by atoms with Crippen LogP contribution in [0, 0.1) is 10.1 Å². The molecule has 0 aliphatic rings. The van der Waals surface area contributed by atoms with Crippen LogP contribution in [0.1, 0.15) is 48.6 Å². The number of ether oxygens (including phenoxy) is 4. The van der Waals surface area contributed by atoms with Crippen molar-refractivity contribution < 1.29 is 43.4 Å². The Balaban J connectivity index is 2.68. The lowest BCUT2D eigenvalue weighted by molar-refractivity contribution is -0.385. The first-order chi connectivity index (χ1) is 15.0. The first kappa shape index (κ1) is 24.0. The van der Waals surface area contributed by atoms with Crippen molar-refractivity contribution in [2.75, 3.05) is 14.2 Å². The number of methoxy groups -OCH3 is 2. The van der Waals surface area contributed by atoms with Crippen LogP contribution in [-0.2, 0) is 9.47 Å². The van der Waals surface area contributed by atoms with E-state index in [9.17, 15) is 24.5 Å². The Morgan fingerprint density at radius 2 is 1.66 bits per heavy atom. The van der Waals surface area contributed by atoms with Crippen LogP contribution in [0.25, 0.3) is 0 Å². The van der Waals surface area contributed by atoms with E-state index in [4.69, 9.17) is 19.3 Å². The first-order valence-corrected chi connectivity index (χ1v) is 9.03. The van der Waals surface area contributed by atoms with Crippen molar-refractivity contribution in [3.8, 4) is 11.5 Å². The van der Waals surface area contributed by atoms with Crippen LogP contribution in [-0.4, -0.2) is 63.4 Å². The molecule has 14 heteroatoms. The van der Waals surface area contributed by atoms with E-state index in [0.717, 1.165) is 12.1 Å². The van der Waals surface area contributed by atoms with Crippen LogP contribution < -0.4 is 9.47 Å².